The molecule has 22 heavy (non-hydrogen) atoms. The number of rotatable bonds is 5. The number of nitrogens with one attached hydrogen (secondary N) is 1. The molecule has 0 aromatic rings. The van der Waals surface area contributed by atoms with E-state index in [1.54, 1.807) is 11.8 Å². The summed E-state index contributed by atoms with van der Waals surface area (Å²) in [5, 5.41) is 0.769. The van der Waals surface area contributed by atoms with Gasteiger partial charge in [0, 0.05) is 25.0 Å². The Bertz CT molecular complexity index is 556. The van der Waals surface area contributed by atoms with Gasteiger partial charge in [0.05, 0.1) is 13.2 Å². The number of nitrogens with zero attached hydrogens (tertiary/aromatic N) is 2. The first-order chi connectivity index (χ1) is 10.4. The molecule has 2 heterocycles. The fourth-order valence-corrected chi connectivity index (χ4v) is 3.34. The molecule has 1 N–H and O–H groups in total. The van der Waals surface area contributed by atoms with Gasteiger partial charge in [-0.05, 0) is 13.3 Å². The molecule has 124 valence electrons. The highest BCUT2D eigenvalue weighted by atomic mass is 32.2. The van der Waals surface area contributed by atoms with Crippen molar-refractivity contribution in [2.45, 2.75) is 25.4 Å². The molecular weight excluding hydrogens is 310 g/mol. The number of carbonyl (C=O) groups excluding carboxylic acids is 2. The summed E-state index contributed by atoms with van der Waals surface area (Å²) in [6.07, 6.45) is 0.340. The van der Waals surface area contributed by atoms with Crippen molar-refractivity contribution in [3.05, 3.63) is 12.0 Å². The van der Waals surface area contributed by atoms with Gasteiger partial charge >= 0.3 is 0 Å². The van der Waals surface area contributed by atoms with Crippen molar-refractivity contribution in [3.8, 4) is 0 Å². The molecule has 2 rings (SSSR count). The van der Waals surface area contributed by atoms with E-state index >= 15 is 0 Å². The average molecular weight is 331 g/mol. The normalized spacial score (nSPS) is 24.4. The number of sulfonamides is 1. The molecule has 8 nitrogen and oxygen atoms in total. The fourth-order valence-electron chi connectivity index (χ4n) is 2.62. The Labute approximate surface area is 130 Å². The molecule has 0 aromatic heterocycles. The third kappa shape index (κ3) is 3.65. The van der Waals surface area contributed by atoms with Gasteiger partial charge in [-0.15, -0.1) is 0 Å². The van der Waals surface area contributed by atoms with Gasteiger partial charge in [-0.3, -0.25) is 9.59 Å². The first-order valence-electron chi connectivity index (χ1n) is 7.17. The number of hydrogen-bond acceptors (Lipinski definition) is 5. The zero-order valence-corrected chi connectivity index (χ0v) is 13.3. The summed E-state index contributed by atoms with van der Waals surface area (Å²) in [5.41, 5.74) is 0. The number of amides is 2. The lowest BCUT2D eigenvalue weighted by Gasteiger charge is -2.32. The molecule has 0 bridgehead atoms. The van der Waals surface area contributed by atoms with Crippen LogP contribution in [0.25, 0.3) is 0 Å². The molecule has 0 unspecified atom stereocenters. The molecule has 2 saturated heterocycles. The van der Waals surface area contributed by atoms with Crippen LogP contribution >= 0.6 is 0 Å². The lowest BCUT2D eigenvalue weighted by molar-refractivity contribution is -0.146. The van der Waals surface area contributed by atoms with E-state index < -0.39 is 22.1 Å². The SMILES string of the molecule is C=CS(=O)(=O)N[C@H]1CCN([C@@H](C)C(=O)N2CCOCC2)C1=O. The first-order valence-corrected chi connectivity index (χ1v) is 8.72. The van der Waals surface area contributed by atoms with E-state index in [1.165, 1.54) is 4.90 Å². The lowest BCUT2D eigenvalue weighted by Crippen LogP contribution is -2.52. The molecule has 9 heteroatoms. The minimum Gasteiger partial charge on any atom is -0.378 e. The zero-order valence-electron chi connectivity index (χ0n) is 12.5. The number of ether oxygens (including phenoxy) is 1. The van der Waals surface area contributed by atoms with Crippen LogP contribution < -0.4 is 4.72 Å². The van der Waals surface area contributed by atoms with Crippen molar-refractivity contribution >= 4 is 21.8 Å². The van der Waals surface area contributed by atoms with Gasteiger partial charge < -0.3 is 14.5 Å². The highest BCUT2D eigenvalue weighted by molar-refractivity contribution is 7.92. The summed E-state index contributed by atoms with van der Waals surface area (Å²) in [6.45, 7) is 7.22. The molecule has 2 amide bonds. The number of morpholine rings is 1. The summed E-state index contributed by atoms with van der Waals surface area (Å²) in [6, 6.07) is -1.44. The third-order valence-corrected chi connectivity index (χ3v) is 4.97. The first kappa shape index (κ1) is 16.9. The second-order valence-electron chi connectivity index (χ2n) is 5.32. The molecule has 0 aliphatic carbocycles. The Morgan fingerprint density at radius 2 is 2.05 bits per heavy atom. The van der Waals surface area contributed by atoms with Crippen molar-refractivity contribution < 1.29 is 22.7 Å². The molecule has 2 atom stereocenters. The predicted octanol–water partition coefficient (Wildman–Crippen LogP) is -1.10. The number of hydrogen-bond donors (Lipinski definition) is 1. The molecule has 2 fully saturated rings. The van der Waals surface area contributed by atoms with E-state index in [0.29, 0.717) is 39.3 Å². The monoisotopic (exact) mass is 331 g/mol. The van der Waals surface area contributed by atoms with Gasteiger partial charge in [0.25, 0.3) is 0 Å². The Kier molecular flexibility index (Phi) is 5.20. The lowest BCUT2D eigenvalue weighted by atomic mass is 10.2. The molecule has 0 radical (unpaired) electrons. The van der Waals surface area contributed by atoms with Gasteiger partial charge in [-0.25, -0.2) is 8.42 Å². The van der Waals surface area contributed by atoms with Gasteiger partial charge in [0.1, 0.15) is 12.1 Å². The van der Waals surface area contributed by atoms with Crippen LogP contribution in [0.2, 0.25) is 0 Å². The van der Waals surface area contributed by atoms with Gasteiger partial charge in [0.2, 0.25) is 21.8 Å². The zero-order chi connectivity index (χ0) is 16.3. The molecule has 0 saturated carbocycles. The van der Waals surface area contributed by atoms with Crippen LogP contribution in [0.1, 0.15) is 13.3 Å². The highest BCUT2D eigenvalue weighted by Gasteiger charge is 2.39. The van der Waals surface area contributed by atoms with E-state index in [2.05, 4.69) is 11.3 Å². The summed E-state index contributed by atoms with van der Waals surface area (Å²) in [5.74, 6) is -0.511. The topological polar surface area (TPSA) is 96.0 Å². The summed E-state index contributed by atoms with van der Waals surface area (Å²) in [4.78, 5) is 27.8. The Hall–Kier alpha value is -1.45. The largest absolute Gasteiger partial charge is 0.378 e. The third-order valence-electron chi connectivity index (χ3n) is 3.91. The van der Waals surface area contributed by atoms with E-state index in [9.17, 15) is 18.0 Å². The van der Waals surface area contributed by atoms with E-state index in [-0.39, 0.29) is 11.8 Å². The Morgan fingerprint density at radius 1 is 1.41 bits per heavy atom. The maximum atomic E-state index is 12.4. The smallest absolute Gasteiger partial charge is 0.245 e. The second-order valence-corrected chi connectivity index (χ2v) is 6.98. The minimum atomic E-state index is -3.67. The maximum absolute atomic E-state index is 12.4. The minimum absolute atomic E-state index is 0.135. The van der Waals surface area contributed by atoms with Gasteiger partial charge in [-0.2, -0.15) is 4.72 Å². The summed E-state index contributed by atoms with van der Waals surface area (Å²) >= 11 is 0. The number of carbonyl (C=O) groups is 2. The number of likely N-dealkylation sites (tertiary alicyclic amines) is 1. The van der Waals surface area contributed by atoms with Crippen molar-refractivity contribution in [2.75, 3.05) is 32.8 Å². The molecular formula is C13H21N3O5S. The van der Waals surface area contributed by atoms with Crippen LogP contribution in [0.4, 0.5) is 0 Å². The fraction of sp³-hybridized carbons (Fsp3) is 0.692. The standard InChI is InChI=1S/C13H21N3O5S/c1-3-22(19,20)14-11-4-5-16(13(11)18)10(2)12(17)15-6-8-21-9-7-15/h3,10-11,14H,1,4-9H2,2H3/t10-,11-/m0/s1. The van der Waals surface area contributed by atoms with Gasteiger partial charge in [0.15, 0.2) is 0 Å². The van der Waals surface area contributed by atoms with Crippen molar-refractivity contribution in [2.24, 2.45) is 0 Å². The molecule has 2 aliphatic rings. The maximum Gasteiger partial charge on any atom is 0.245 e. The van der Waals surface area contributed by atoms with Crippen molar-refractivity contribution in [1.82, 2.24) is 14.5 Å². The molecule has 0 aromatic carbocycles. The van der Waals surface area contributed by atoms with Crippen LogP contribution in [0.5, 0.6) is 0 Å². The Balaban J connectivity index is 1.99. The molecule has 0 spiro atoms. The quantitative estimate of drug-likeness (QED) is 0.690. The Morgan fingerprint density at radius 3 is 2.64 bits per heavy atom. The van der Waals surface area contributed by atoms with Crippen LogP contribution in [0.15, 0.2) is 12.0 Å². The van der Waals surface area contributed by atoms with E-state index in [4.69, 9.17) is 4.74 Å². The van der Waals surface area contributed by atoms with Crippen LogP contribution in [-0.4, -0.2) is 75.0 Å². The predicted molar refractivity (Wildman–Crippen MR) is 79.2 cm³/mol. The van der Waals surface area contributed by atoms with Crippen LogP contribution in [0.3, 0.4) is 0 Å². The summed E-state index contributed by atoms with van der Waals surface area (Å²) in [7, 11) is -3.67. The average Bonchev–Trinajstić information content (AvgIpc) is 2.87. The molecule has 2 aliphatic heterocycles. The van der Waals surface area contributed by atoms with Gasteiger partial charge in [-0.1, -0.05) is 6.58 Å². The highest BCUT2D eigenvalue weighted by Crippen LogP contribution is 2.17. The van der Waals surface area contributed by atoms with Crippen molar-refractivity contribution in [3.63, 3.8) is 0 Å². The second kappa shape index (κ2) is 6.76. The van der Waals surface area contributed by atoms with Crippen LogP contribution in [-0.2, 0) is 24.3 Å². The van der Waals surface area contributed by atoms with Crippen molar-refractivity contribution in [1.29, 1.82) is 0 Å². The van der Waals surface area contributed by atoms with Crippen LogP contribution in [0, 0.1) is 0 Å². The summed E-state index contributed by atoms with van der Waals surface area (Å²) < 4.78 is 30.4. The van der Waals surface area contributed by atoms with E-state index in [0.717, 1.165) is 5.41 Å². The van der Waals surface area contributed by atoms with E-state index in [1.807, 2.05) is 0 Å².